The maximum atomic E-state index is 13.3. The molecule has 2 aliphatic carbocycles. The molecule has 1 N–H and O–H groups in total. The standard InChI is InChI=1S/C14H25F2N/c1-2-11(10-17-13-5-6-13)8-12-4-3-7-14(15,16)9-12/h11-13,17H,2-10H2,1H3. The molecule has 2 atom stereocenters. The zero-order chi connectivity index (χ0) is 12.3. The van der Waals surface area contributed by atoms with Crippen molar-refractivity contribution in [3.8, 4) is 0 Å². The average Bonchev–Trinajstić information content (AvgIpc) is 3.06. The first kappa shape index (κ1) is 13.3. The first-order valence-corrected chi connectivity index (χ1v) is 7.20. The van der Waals surface area contributed by atoms with Crippen LogP contribution in [0.5, 0.6) is 0 Å². The van der Waals surface area contributed by atoms with E-state index < -0.39 is 5.92 Å². The molecule has 2 rings (SSSR count). The first-order valence-electron chi connectivity index (χ1n) is 7.20. The van der Waals surface area contributed by atoms with Crippen LogP contribution in [-0.2, 0) is 0 Å². The highest BCUT2D eigenvalue weighted by Crippen LogP contribution is 2.39. The maximum Gasteiger partial charge on any atom is 0.248 e. The van der Waals surface area contributed by atoms with E-state index in [1.165, 1.54) is 12.8 Å². The van der Waals surface area contributed by atoms with E-state index in [4.69, 9.17) is 0 Å². The summed E-state index contributed by atoms with van der Waals surface area (Å²) >= 11 is 0. The molecule has 0 aliphatic heterocycles. The molecular formula is C14H25F2N. The molecule has 0 aromatic carbocycles. The van der Waals surface area contributed by atoms with Gasteiger partial charge in [-0.15, -0.1) is 0 Å². The second-order valence-electron chi connectivity index (χ2n) is 6.01. The normalized spacial score (nSPS) is 30.2. The number of hydrogen-bond donors (Lipinski definition) is 1. The van der Waals surface area contributed by atoms with Crippen molar-refractivity contribution in [3.63, 3.8) is 0 Å². The maximum absolute atomic E-state index is 13.3. The summed E-state index contributed by atoms with van der Waals surface area (Å²) in [5.41, 5.74) is 0. The SMILES string of the molecule is CCC(CNC1CC1)CC1CCCC(F)(F)C1. The zero-order valence-corrected chi connectivity index (χ0v) is 10.9. The van der Waals surface area contributed by atoms with E-state index in [0.717, 1.165) is 31.8 Å². The molecule has 100 valence electrons. The van der Waals surface area contributed by atoms with Crippen LogP contribution >= 0.6 is 0 Å². The molecule has 2 unspecified atom stereocenters. The van der Waals surface area contributed by atoms with Gasteiger partial charge in [0.15, 0.2) is 0 Å². The Balaban J connectivity index is 1.72. The van der Waals surface area contributed by atoms with Gasteiger partial charge in [0.2, 0.25) is 5.92 Å². The van der Waals surface area contributed by atoms with Gasteiger partial charge in [-0.05, 0) is 44.1 Å². The Bertz CT molecular complexity index is 238. The minimum absolute atomic E-state index is 0.112. The van der Waals surface area contributed by atoms with Crippen molar-refractivity contribution in [2.75, 3.05) is 6.54 Å². The fourth-order valence-electron chi connectivity index (χ4n) is 2.96. The van der Waals surface area contributed by atoms with E-state index in [2.05, 4.69) is 12.2 Å². The highest BCUT2D eigenvalue weighted by molar-refractivity contribution is 4.84. The molecule has 2 saturated carbocycles. The summed E-state index contributed by atoms with van der Waals surface area (Å²) in [6, 6.07) is 0.733. The van der Waals surface area contributed by atoms with Gasteiger partial charge in [0.25, 0.3) is 0 Å². The van der Waals surface area contributed by atoms with Gasteiger partial charge in [0.1, 0.15) is 0 Å². The van der Waals surface area contributed by atoms with Gasteiger partial charge in [0.05, 0.1) is 0 Å². The number of nitrogens with one attached hydrogen (secondary N) is 1. The molecule has 0 bridgehead atoms. The summed E-state index contributed by atoms with van der Waals surface area (Å²) in [6.45, 7) is 3.21. The molecule has 17 heavy (non-hydrogen) atoms. The quantitative estimate of drug-likeness (QED) is 0.746. The molecule has 0 aromatic rings. The van der Waals surface area contributed by atoms with Crippen molar-refractivity contribution in [1.29, 1.82) is 0 Å². The monoisotopic (exact) mass is 245 g/mol. The van der Waals surface area contributed by atoms with Crippen molar-refractivity contribution in [2.24, 2.45) is 11.8 Å². The lowest BCUT2D eigenvalue weighted by Gasteiger charge is -2.31. The predicted molar refractivity (Wildman–Crippen MR) is 66.3 cm³/mol. The summed E-state index contributed by atoms with van der Waals surface area (Å²) in [5, 5.41) is 3.53. The molecule has 0 saturated heterocycles. The molecule has 0 amide bonds. The van der Waals surface area contributed by atoms with E-state index in [-0.39, 0.29) is 18.8 Å². The van der Waals surface area contributed by atoms with Gasteiger partial charge in [0, 0.05) is 18.9 Å². The molecule has 0 radical (unpaired) electrons. The van der Waals surface area contributed by atoms with Crippen molar-refractivity contribution in [1.82, 2.24) is 5.32 Å². The van der Waals surface area contributed by atoms with Crippen LogP contribution < -0.4 is 5.32 Å². The van der Waals surface area contributed by atoms with Crippen LogP contribution in [0.2, 0.25) is 0 Å². The number of hydrogen-bond acceptors (Lipinski definition) is 1. The lowest BCUT2D eigenvalue weighted by atomic mass is 9.80. The van der Waals surface area contributed by atoms with Crippen LogP contribution in [0.25, 0.3) is 0 Å². The van der Waals surface area contributed by atoms with Crippen LogP contribution in [0.1, 0.15) is 58.3 Å². The fraction of sp³-hybridized carbons (Fsp3) is 1.00. The molecule has 0 spiro atoms. The molecule has 1 nitrogen and oxygen atoms in total. The Hall–Kier alpha value is -0.180. The second-order valence-corrected chi connectivity index (χ2v) is 6.01. The largest absolute Gasteiger partial charge is 0.314 e. The molecule has 0 heterocycles. The molecule has 2 aliphatic rings. The fourth-order valence-corrected chi connectivity index (χ4v) is 2.96. The van der Waals surface area contributed by atoms with Crippen LogP contribution in [0.4, 0.5) is 8.78 Å². The first-order chi connectivity index (χ1) is 8.09. The lowest BCUT2D eigenvalue weighted by molar-refractivity contribution is -0.0557. The summed E-state index contributed by atoms with van der Waals surface area (Å²) in [5.74, 6) is -1.54. The number of halogens is 2. The highest BCUT2D eigenvalue weighted by atomic mass is 19.3. The van der Waals surface area contributed by atoms with E-state index >= 15 is 0 Å². The number of alkyl halides is 2. The van der Waals surface area contributed by atoms with Gasteiger partial charge < -0.3 is 5.32 Å². The topological polar surface area (TPSA) is 12.0 Å². The Morgan fingerprint density at radius 3 is 2.65 bits per heavy atom. The predicted octanol–water partition coefficient (Wildman–Crippen LogP) is 3.98. The highest BCUT2D eigenvalue weighted by Gasteiger charge is 2.36. The summed E-state index contributed by atoms with van der Waals surface area (Å²) in [6.07, 6.45) is 6.68. The second kappa shape index (κ2) is 5.64. The Morgan fingerprint density at radius 1 is 1.29 bits per heavy atom. The van der Waals surface area contributed by atoms with Gasteiger partial charge in [-0.1, -0.05) is 19.8 Å². The molecule has 2 fully saturated rings. The molecule has 3 heteroatoms. The minimum Gasteiger partial charge on any atom is -0.314 e. The minimum atomic E-state index is -2.38. The van der Waals surface area contributed by atoms with Gasteiger partial charge >= 0.3 is 0 Å². The van der Waals surface area contributed by atoms with Crippen LogP contribution in [0.15, 0.2) is 0 Å². The van der Waals surface area contributed by atoms with E-state index in [1.54, 1.807) is 0 Å². The van der Waals surface area contributed by atoms with Crippen LogP contribution in [0, 0.1) is 11.8 Å². The smallest absolute Gasteiger partial charge is 0.248 e. The lowest BCUT2D eigenvalue weighted by Crippen LogP contribution is -2.30. The summed E-state index contributed by atoms with van der Waals surface area (Å²) in [7, 11) is 0. The van der Waals surface area contributed by atoms with Gasteiger partial charge in [-0.3, -0.25) is 0 Å². The molecule has 0 aromatic heterocycles. The average molecular weight is 245 g/mol. The van der Waals surface area contributed by atoms with E-state index in [9.17, 15) is 8.78 Å². The Labute approximate surface area is 103 Å². The van der Waals surface area contributed by atoms with Crippen LogP contribution in [-0.4, -0.2) is 18.5 Å². The Kier molecular flexibility index (Phi) is 4.40. The molecular weight excluding hydrogens is 220 g/mol. The van der Waals surface area contributed by atoms with E-state index in [1.807, 2.05) is 0 Å². The third-order valence-electron chi connectivity index (χ3n) is 4.26. The van der Waals surface area contributed by atoms with Gasteiger partial charge in [-0.2, -0.15) is 0 Å². The van der Waals surface area contributed by atoms with Crippen LogP contribution in [0.3, 0.4) is 0 Å². The summed E-state index contributed by atoms with van der Waals surface area (Å²) in [4.78, 5) is 0. The number of rotatable bonds is 6. The van der Waals surface area contributed by atoms with Gasteiger partial charge in [-0.25, -0.2) is 8.78 Å². The third-order valence-corrected chi connectivity index (χ3v) is 4.26. The van der Waals surface area contributed by atoms with Crippen molar-refractivity contribution in [2.45, 2.75) is 70.3 Å². The Morgan fingerprint density at radius 2 is 2.06 bits per heavy atom. The van der Waals surface area contributed by atoms with Crippen molar-refractivity contribution < 1.29 is 8.78 Å². The zero-order valence-electron chi connectivity index (χ0n) is 10.9. The summed E-state index contributed by atoms with van der Waals surface area (Å²) < 4.78 is 26.6. The van der Waals surface area contributed by atoms with Crippen molar-refractivity contribution in [3.05, 3.63) is 0 Å². The van der Waals surface area contributed by atoms with E-state index in [0.29, 0.717) is 12.3 Å². The van der Waals surface area contributed by atoms with Crippen molar-refractivity contribution >= 4 is 0 Å². The third kappa shape index (κ3) is 4.53.